The molecule has 1 N–H and O–H groups in total. The van der Waals surface area contributed by atoms with Crippen molar-refractivity contribution in [3.8, 4) is 5.88 Å². The first-order valence-electron chi connectivity index (χ1n) is 11.5. The van der Waals surface area contributed by atoms with E-state index >= 15 is 4.39 Å². The normalized spacial score (nSPS) is 21.5. The standard InChI is InChI=1S/C24H26FN5O4/c1-34-22-11-26-16(10-27-22)13-29-6-4-14(5-7-29)17-8-15-12-30(24(33)18(15)9-19(17)25)20-2-3-21(31)28-23(20)32/h8-11,14,20H,2-7,12-13H2,1H3,(H,28,31,32). The van der Waals surface area contributed by atoms with E-state index in [0.29, 0.717) is 23.6 Å². The summed E-state index contributed by atoms with van der Waals surface area (Å²) in [5.74, 6) is -0.995. The Hall–Kier alpha value is -3.40. The first-order chi connectivity index (χ1) is 16.4. The molecule has 0 aliphatic carbocycles. The monoisotopic (exact) mass is 467 g/mol. The lowest BCUT2D eigenvalue weighted by molar-refractivity contribution is -0.136. The van der Waals surface area contributed by atoms with Gasteiger partial charge < -0.3 is 9.64 Å². The van der Waals surface area contributed by atoms with E-state index in [4.69, 9.17) is 4.74 Å². The molecule has 0 spiro atoms. The minimum absolute atomic E-state index is 0.0586. The van der Waals surface area contributed by atoms with Crippen molar-refractivity contribution in [1.29, 1.82) is 0 Å². The maximum Gasteiger partial charge on any atom is 0.255 e. The Morgan fingerprint density at radius 3 is 2.59 bits per heavy atom. The van der Waals surface area contributed by atoms with Gasteiger partial charge in [-0.3, -0.25) is 29.6 Å². The Labute approximate surface area is 196 Å². The largest absolute Gasteiger partial charge is 0.480 e. The quantitative estimate of drug-likeness (QED) is 0.668. The first kappa shape index (κ1) is 22.4. The second-order valence-corrected chi connectivity index (χ2v) is 9.03. The van der Waals surface area contributed by atoms with Gasteiger partial charge >= 0.3 is 0 Å². The molecular formula is C24H26FN5O4. The second-order valence-electron chi connectivity index (χ2n) is 9.03. The van der Waals surface area contributed by atoms with Gasteiger partial charge in [0.25, 0.3) is 5.91 Å². The van der Waals surface area contributed by atoms with Crippen LogP contribution in [0.5, 0.6) is 5.88 Å². The number of benzene rings is 1. The molecule has 0 radical (unpaired) electrons. The molecule has 1 aromatic heterocycles. The molecule has 5 rings (SSSR count). The number of methoxy groups -OCH3 is 1. The highest BCUT2D eigenvalue weighted by atomic mass is 19.1. The Bertz CT molecular complexity index is 1130. The van der Waals surface area contributed by atoms with Crippen LogP contribution in [0.3, 0.4) is 0 Å². The number of carbonyl (C=O) groups is 3. The highest BCUT2D eigenvalue weighted by molar-refractivity contribution is 6.05. The molecule has 10 heteroatoms. The van der Waals surface area contributed by atoms with E-state index in [1.54, 1.807) is 25.6 Å². The van der Waals surface area contributed by atoms with Crippen molar-refractivity contribution in [2.24, 2.45) is 0 Å². The molecule has 4 heterocycles. The van der Waals surface area contributed by atoms with Crippen LogP contribution in [0.25, 0.3) is 0 Å². The third kappa shape index (κ3) is 4.25. The third-order valence-corrected chi connectivity index (χ3v) is 6.94. The highest BCUT2D eigenvalue weighted by Gasteiger charge is 2.40. The fourth-order valence-corrected chi connectivity index (χ4v) is 5.08. The molecule has 1 aromatic carbocycles. The Morgan fingerprint density at radius 1 is 1.12 bits per heavy atom. The van der Waals surface area contributed by atoms with Crippen molar-refractivity contribution in [2.45, 2.75) is 50.7 Å². The number of hydrogen-bond acceptors (Lipinski definition) is 7. The van der Waals surface area contributed by atoms with Gasteiger partial charge in [0.05, 0.1) is 25.2 Å². The Kier molecular flexibility index (Phi) is 5.99. The molecule has 2 fully saturated rings. The van der Waals surface area contributed by atoms with Gasteiger partial charge in [-0.1, -0.05) is 6.07 Å². The van der Waals surface area contributed by atoms with Crippen LogP contribution in [0, 0.1) is 5.82 Å². The van der Waals surface area contributed by atoms with Crippen molar-refractivity contribution in [2.75, 3.05) is 20.2 Å². The molecule has 178 valence electrons. The van der Waals surface area contributed by atoms with Gasteiger partial charge in [-0.15, -0.1) is 0 Å². The fourth-order valence-electron chi connectivity index (χ4n) is 5.08. The molecule has 3 aliphatic rings. The number of halogens is 1. The predicted molar refractivity (Wildman–Crippen MR) is 118 cm³/mol. The average Bonchev–Trinajstić information content (AvgIpc) is 3.15. The Balaban J connectivity index is 1.25. The first-order valence-corrected chi connectivity index (χ1v) is 11.5. The van der Waals surface area contributed by atoms with Gasteiger partial charge in [0.15, 0.2) is 0 Å². The molecule has 3 amide bonds. The summed E-state index contributed by atoms with van der Waals surface area (Å²) in [4.78, 5) is 48.9. The summed E-state index contributed by atoms with van der Waals surface area (Å²) in [5.41, 5.74) is 2.53. The summed E-state index contributed by atoms with van der Waals surface area (Å²) in [5, 5.41) is 2.29. The number of nitrogens with zero attached hydrogens (tertiary/aromatic N) is 4. The zero-order valence-corrected chi connectivity index (χ0v) is 18.9. The predicted octanol–water partition coefficient (Wildman–Crippen LogP) is 1.76. The molecule has 3 aliphatic heterocycles. The topological polar surface area (TPSA) is 105 Å². The van der Waals surface area contributed by atoms with E-state index in [2.05, 4.69) is 20.2 Å². The molecule has 9 nitrogen and oxygen atoms in total. The van der Waals surface area contributed by atoms with Gasteiger partial charge in [0.2, 0.25) is 17.7 Å². The summed E-state index contributed by atoms with van der Waals surface area (Å²) < 4.78 is 20.1. The van der Waals surface area contributed by atoms with Crippen LogP contribution in [0.4, 0.5) is 4.39 Å². The number of rotatable bonds is 5. The smallest absolute Gasteiger partial charge is 0.255 e. The molecule has 34 heavy (non-hydrogen) atoms. The second kappa shape index (κ2) is 9.09. The summed E-state index contributed by atoms with van der Waals surface area (Å²) in [6.07, 6.45) is 5.37. The highest BCUT2D eigenvalue weighted by Crippen LogP contribution is 2.35. The average molecular weight is 468 g/mol. The van der Waals surface area contributed by atoms with E-state index in [1.165, 1.54) is 11.0 Å². The number of likely N-dealkylation sites (tertiary alicyclic amines) is 1. The number of fused-ring (bicyclic) bond motifs is 1. The molecular weight excluding hydrogens is 441 g/mol. The number of aromatic nitrogens is 2. The van der Waals surface area contributed by atoms with Crippen molar-refractivity contribution < 1.29 is 23.5 Å². The van der Waals surface area contributed by atoms with Crippen molar-refractivity contribution >= 4 is 17.7 Å². The number of nitrogens with one attached hydrogen (secondary N) is 1. The lowest BCUT2D eigenvalue weighted by atomic mass is 9.87. The van der Waals surface area contributed by atoms with Gasteiger partial charge in [-0.25, -0.2) is 9.37 Å². The Morgan fingerprint density at radius 2 is 1.91 bits per heavy atom. The van der Waals surface area contributed by atoms with E-state index in [-0.39, 0.29) is 42.9 Å². The number of amides is 3. The summed E-state index contributed by atoms with van der Waals surface area (Å²) >= 11 is 0. The number of ether oxygens (including phenoxy) is 1. The van der Waals surface area contributed by atoms with Crippen LogP contribution < -0.4 is 10.1 Å². The van der Waals surface area contributed by atoms with Crippen molar-refractivity contribution in [3.05, 3.63) is 52.7 Å². The van der Waals surface area contributed by atoms with Crippen LogP contribution in [0.1, 0.15) is 58.8 Å². The summed E-state index contributed by atoms with van der Waals surface area (Å²) in [7, 11) is 1.55. The van der Waals surface area contributed by atoms with Gasteiger partial charge in [-0.2, -0.15) is 0 Å². The van der Waals surface area contributed by atoms with E-state index < -0.39 is 11.9 Å². The zero-order chi connectivity index (χ0) is 23.8. The van der Waals surface area contributed by atoms with Gasteiger partial charge in [0, 0.05) is 25.1 Å². The van der Waals surface area contributed by atoms with Crippen LogP contribution in [-0.2, 0) is 22.7 Å². The maximum atomic E-state index is 15.1. The summed E-state index contributed by atoms with van der Waals surface area (Å²) in [6, 6.07) is 2.41. The lowest BCUT2D eigenvalue weighted by Crippen LogP contribution is -2.52. The zero-order valence-electron chi connectivity index (χ0n) is 18.9. The van der Waals surface area contributed by atoms with Gasteiger partial charge in [0.1, 0.15) is 11.9 Å². The molecule has 0 bridgehead atoms. The summed E-state index contributed by atoms with van der Waals surface area (Å²) in [6.45, 7) is 2.53. The van der Waals surface area contributed by atoms with E-state index in [9.17, 15) is 14.4 Å². The minimum atomic E-state index is -0.701. The maximum absolute atomic E-state index is 15.1. The number of carbonyl (C=O) groups excluding carboxylic acids is 3. The molecule has 1 unspecified atom stereocenters. The molecule has 2 saturated heterocycles. The minimum Gasteiger partial charge on any atom is -0.480 e. The molecule has 0 saturated carbocycles. The van der Waals surface area contributed by atoms with Crippen molar-refractivity contribution in [3.63, 3.8) is 0 Å². The van der Waals surface area contributed by atoms with Crippen LogP contribution >= 0.6 is 0 Å². The molecule has 2 aromatic rings. The number of piperidine rings is 2. The van der Waals surface area contributed by atoms with Crippen LogP contribution in [0.15, 0.2) is 24.5 Å². The SMILES string of the molecule is COc1cnc(CN2CCC(c3cc4c(cc3F)C(=O)N(C3CCC(=O)NC3=O)C4)CC2)cn1. The van der Waals surface area contributed by atoms with Crippen LogP contribution in [0.2, 0.25) is 0 Å². The lowest BCUT2D eigenvalue weighted by Gasteiger charge is -2.32. The van der Waals surface area contributed by atoms with Crippen LogP contribution in [-0.4, -0.2) is 63.7 Å². The fraction of sp³-hybridized carbons (Fsp3) is 0.458. The number of hydrogen-bond donors (Lipinski definition) is 1. The van der Waals surface area contributed by atoms with Crippen molar-refractivity contribution in [1.82, 2.24) is 25.1 Å². The van der Waals surface area contributed by atoms with E-state index in [1.807, 2.05) is 0 Å². The van der Waals surface area contributed by atoms with E-state index in [0.717, 1.165) is 37.2 Å². The number of imide groups is 1. The third-order valence-electron chi connectivity index (χ3n) is 6.94. The molecule has 1 atom stereocenters. The van der Waals surface area contributed by atoms with Gasteiger partial charge in [-0.05, 0) is 55.5 Å².